The monoisotopic (exact) mass is 497 g/mol. The number of thioether (sulfide) groups is 1. The van der Waals surface area contributed by atoms with Gasteiger partial charge in [0, 0.05) is 11.3 Å². The van der Waals surface area contributed by atoms with Crippen molar-refractivity contribution in [2.75, 3.05) is 11.1 Å². The van der Waals surface area contributed by atoms with Gasteiger partial charge in [-0.25, -0.2) is 4.57 Å². The second kappa shape index (κ2) is 9.43. The Labute approximate surface area is 211 Å². The zero-order valence-electron chi connectivity index (χ0n) is 20.0. The second-order valence-electron chi connectivity index (χ2n) is 8.54. The fourth-order valence-corrected chi connectivity index (χ4v) is 4.83. The molecule has 2 heterocycles. The number of ketones is 1. The zero-order chi connectivity index (χ0) is 25.4. The lowest BCUT2D eigenvalue weighted by molar-refractivity contribution is -0.113. The van der Waals surface area contributed by atoms with Crippen molar-refractivity contribution in [2.45, 2.75) is 25.9 Å². The first-order valence-electron chi connectivity index (χ1n) is 11.3. The van der Waals surface area contributed by atoms with E-state index in [0.29, 0.717) is 33.1 Å². The van der Waals surface area contributed by atoms with Gasteiger partial charge >= 0.3 is 0 Å². The standard InChI is InChI=1S/C27H23N5O3S/c1-16-11-12-17(2)23(13-16)31-25(35)21-9-4-5-10-22(21)32-26(31)29-30-27(32)36-15-24(34)28-20-8-6-7-19(14-20)18(3)33/h4-14H,15H2,1-3H3,(H,28,34). The van der Waals surface area contributed by atoms with Crippen molar-refractivity contribution in [3.05, 3.63) is 93.8 Å². The van der Waals surface area contributed by atoms with Gasteiger partial charge in [0.25, 0.3) is 5.56 Å². The van der Waals surface area contributed by atoms with Gasteiger partial charge in [-0.2, -0.15) is 0 Å². The first-order valence-corrected chi connectivity index (χ1v) is 12.3. The predicted octanol–water partition coefficient (Wildman–Crippen LogP) is 4.58. The number of carbonyl (C=O) groups is 2. The summed E-state index contributed by atoms with van der Waals surface area (Å²) in [7, 11) is 0. The Kier molecular flexibility index (Phi) is 6.15. The summed E-state index contributed by atoms with van der Waals surface area (Å²) in [5, 5.41) is 12.5. The van der Waals surface area contributed by atoms with Crippen LogP contribution in [0.3, 0.4) is 0 Å². The SMILES string of the molecule is CC(=O)c1cccc(NC(=O)CSc2nnc3n(-c4cc(C)ccc4C)c(=O)c4ccccc4n23)c1. The van der Waals surface area contributed by atoms with Gasteiger partial charge in [-0.1, -0.05) is 48.2 Å². The molecule has 0 unspecified atom stereocenters. The maximum absolute atomic E-state index is 13.5. The molecule has 8 nitrogen and oxygen atoms in total. The zero-order valence-corrected chi connectivity index (χ0v) is 20.8. The molecule has 5 aromatic rings. The Morgan fingerprint density at radius 1 is 0.972 bits per heavy atom. The summed E-state index contributed by atoms with van der Waals surface area (Å²) in [6.07, 6.45) is 0. The molecule has 1 N–H and O–H groups in total. The number of nitrogens with one attached hydrogen (secondary N) is 1. The maximum Gasteiger partial charge on any atom is 0.267 e. The molecule has 9 heteroatoms. The minimum absolute atomic E-state index is 0.0714. The molecule has 0 saturated heterocycles. The molecular formula is C27H23N5O3S. The van der Waals surface area contributed by atoms with Crippen LogP contribution in [0.2, 0.25) is 0 Å². The minimum atomic E-state index is -0.246. The van der Waals surface area contributed by atoms with Crippen LogP contribution in [-0.4, -0.2) is 36.6 Å². The van der Waals surface area contributed by atoms with Crippen LogP contribution in [0, 0.1) is 13.8 Å². The normalized spacial score (nSPS) is 11.2. The number of anilines is 1. The van der Waals surface area contributed by atoms with E-state index in [1.807, 2.05) is 54.6 Å². The number of benzene rings is 3. The van der Waals surface area contributed by atoms with Crippen molar-refractivity contribution < 1.29 is 9.59 Å². The number of Topliss-reactive ketones (excluding diaryl/α,β-unsaturated/α-hetero) is 1. The Bertz CT molecular complexity index is 1720. The minimum Gasteiger partial charge on any atom is -0.325 e. The summed E-state index contributed by atoms with van der Waals surface area (Å²) in [6, 6.07) is 20.0. The highest BCUT2D eigenvalue weighted by atomic mass is 32.2. The van der Waals surface area contributed by atoms with Gasteiger partial charge in [0.05, 0.1) is 22.3 Å². The average Bonchev–Trinajstić information content (AvgIpc) is 3.29. The van der Waals surface area contributed by atoms with Gasteiger partial charge in [-0.3, -0.25) is 18.8 Å². The Balaban J connectivity index is 1.54. The number of hydrogen-bond donors (Lipinski definition) is 1. The van der Waals surface area contributed by atoms with Crippen LogP contribution >= 0.6 is 11.8 Å². The van der Waals surface area contributed by atoms with Crippen molar-refractivity contribution in [2.24, 2.45) is 0 Å². The summed E-state index contributed by atoms with van der Waals surface area (Å²) < 4.78 is 3.39. The average molecular weight is 498 g/mol. The molecule has 0 aliphatic carbocycles. The highest BCUT2D eigenvalue weighted by molar-refractivity contribution is 7.99. The molecule has 3 aromatic carbocycles. The fraction of sp³-hybridized carbons (Fsp3) is 0.148. The van der Waals surface area contributed by atoms with E-state index in [1.54, 1.807) is 34.9 Å². The Morgan fingerprint density at radius 3 is 2.58 bits per heavy atom. The van der Waals surface area contributed by atoms with Gasteiger partial charge in [-0.05, 0) is 62.2 Å². The first-order chi connectivity index (χ1) is 17.3. The molecule has 0 bridgehead atoms. The van der Waals surface area contributed by atoms with Crippen molar-refractivity contribution >= 4 is 45.8 Å². The van der Waals surface area contributed by atoms with Crippen LogP contribution in [0.25, 0.3) is 22.4 Å². The number of amides is 1. The third kappa shape index (κ3) is 4.29. The molecule has 5 rings (SSSR count). The number of aryl methyl sites for hydroxylation is 2. The van der Waals surface area contributed by atoms with Crippen LogP contribution < -0.4 is 10.9 Å². The van der Waals surface area contributed by atoms with E-state index in [9.17, 15) is 14.4 Å². The molecule has 180 valence electrons. The van der Waals surface area contributed by atoms with Crippen LogP contribution in [0.4, 0.5) is 5.69 Å². The molecular weight excluding hydrogens is 474 g/mol. The molecule has 0 fully saturated rings. The van der Waals surface area contributed by atoms with E-state index in [0.717, 1.165) is 16.8 Å². The molecule has 0 saturated carbocycles. The van der Waals surface area contributed by atoms with Crippen LogP contribution in [0.15, 0.2) is 76.7 Å². The molecule has 0 spiro atoms. The van der Waals surface area contributed by atoms with Crippen LogP contribution in [0.1, 0.15) is 28.4 Å². The quantitative estimate of drug-likeness (QED) is 0.272. The largest absolute Gasteiger partial charge is 0.325 e. The smallest absolute Gasteiger partial charge is 0.267 e. The van der Waals surface area contributed by atoms with Crippen LogP contribution in [-0.2, 0) is 4.79 Å². The third-order valence-corrected chi connectivity index (χ3v) is 6.81. The van der Waals surface area contributed by atoms with E-state index in [2.05, 4.69) is 15.5 Å². The number of nitrogens with zero attached hydrogens (tertiary/aromatic N) is 4. The summed E-state index contributed by atoms with van der Waals surface area (Å²) >= 11 is 1.22. The van der Waals surface area contributed by atoms with Gasteiger partial charge in [0.1, 0.15) is 0 Å². The van der Waals surface area contributed by atoms with E-state index < -0.39 is 0 Å². The van der Waals surface area contributed by atoms with E-state index >= 15 is 0 Å². The number of aromatic nitrogens is 4. The van der Waals surface area contributed by atoms with Crippen molar-refractivity contribution in [1.82, 2.24) is 19.2 Å². The Hall–Kier alpha value is -4.24. The molecule has 0 aliphatic heterocycles. The lowest BCUT2D eigenvalue weighted by Gasteiger charge is -2.14. The van der Waals surface area contributed by atoms with Crippen molar-refractivity contribution in [3.63, 3.8) is 0 Å². The maximum atomic E-state index is 13.5. The number of carbonyl (C=O) groups excluding carboxylic acids is 2. The Morgan fingerprint density at radius 2 is 1.78 bits per heavy atom. The summed E-state index contributed by atoms with van der Waals surface area (Å²) in [4.78, 5) is 37.9. The topological polar surface area (TPSA) is 98.4 Å². The van der Waals surface area contributed by atoms with Crippen molar-refractivity contribution in [1.29, 1.82) is 0 Å². The summed E-state index contributed by atoms with van der Waals surface area (Å²) in [6.45, 7) is 5.40. The second-order valence-corrected chi connectivity index (χ2v) is 9.48. The lowest BCUT2D eigenvalue weighted by Crippen LogP contribution is -2.22. The van der Waals surface area contributed by atoms with E-state index in [-0.39, 0.29) is 23.0 Å². The van der Waals surface area contributed by atoms with Gasteiger partial charge < -0.3 is 5.32 Å². The number of hydrogen-bond acceptors (Lipinski definition) is 6. The van der Waals surface area contributed by atoms with E-state index in [1.165, 1.54) is 18.7 Å². The highest BCUT2D eigenvalue weighted by Gasteiger charge is 2.19. The lowest BCUT2D eigenvalue weighted by atomic mass is 10.1. The third-order valence-electron chi connectivity index (χ3n) is 5.89. The molecule has 0 radical (unpaired) electrons. The van der Waals surface area contributed by atoms with Gasteiger partial charge in [-0.15, -0.1) is 10.2 Å². The first kappa shape index (κ1) is 23.5. The van der Waals surface area contributed by atoms with Crippen LogP contribution in [0.5, 0.6) is 0 Å². The predicted molar refractivity (Wildman–Crippen MR) is 141 cm³/mol. The number of rotatable bonds is 6. The van der Waals surface area contributed by atoms with E-state index in [4.69, 9.17) is 0 Å². The van der Waals surface area contributed by atoms with Gasteiger partial charge in [0.2, 0.25) is 11.7 Å². The fourth-order valence-electron chi connectivity index (χ4n) is 4.09. The molecule has 36 heavy (non-hydrogen) atoms. The highest BCUT2D eigenvalue weighted by Crippen LogP contribution is 2.25. The number of para-hydroxylation sites is 1. The summed E-state index contributed by atoms with van der Waals surface area (Å²) in [5.41, 5.74) is 4.26. The molecule has 0 atom stereocenters. The molecule has 1 amide bonds. The van der Waals surface area contributed by atoms with Crippen molar-refractivity contribution in [3.8, 4) is 5.69 Å². The molecule has 2 aromatic heterocycles. The van der Waals surface area contributed by atoms with Gasteiger partial charge in [0.15, 0.2) is 10.9 Å². The summed E-state index contributed by atoms with van der Waals surface area (Å²) in [5.74, 6) is 0.133. The molecule has 0 aliphatic rings. The number of fused-ring (bicyclic) bond motifs is 3.